The highest BCUT2D eigenvalue weighted by Gasteiger charge is 2.33. The van der Waals surface area contributed by atoms with Gasteiger partial charge in [-0.25, -0.2) is 4.79 Å². The minimum absolute atomic E-state index is 0.0753. The molecule has 0 radical (unpaired) electrons. The van der Waals surface area contributed by atoms with Crippen molar-refractivity contribution in [2.45, 2.75) is 47.1 Å². The SMILES string of the molecule is CC(C)COC(=O)N1CC[C@H](N(CC(C)(C)C)c2ccc(C#N)c(Cl)c2)C1. The molecule has 1 amide bonds. The van der Waals surface area contributed by atoms with Gasteiger partial charge in [-0.3, -0.25) is 0 Å². The Morgan fingerprint density at radius 1 is 1.44 bits per heavy atom. The quantitative estimate of drug-likeness (QED) is 0.713. The zero-order valence-corrected chi connectivity index (χ0v) is 17.7. The van der Waals surface area contributed by atoms with Crippen LogP contribution in [0.1, 0.15) is 46.6 Å². The molecule has 0 saturated carbocycles. The summed E-state index contributed by atoms with van der Waals surface area (Å²) < 4.78 is 5.38. The number of carbonyl (C=O) groups excluding carboxylic acids is 1. The van der Waals surface area contributed by atoms with E-state index in [1.165, 1.54) is 0 Å². The van der Waals surface area contributed by atoms with Gasteiger partial charge in [0, 0.05) is 31.4 Å². The number of nitriles is 1. The van der Waals surface area contributed by atoms with E-state index in [1.54, 1.807) is 11.0 Å². The molecule has 1 aromatic rings. The van der Waals surface area contributed by atoms with E-state index in [4.69, 9.17) is 21.6 Å². The lowest BCUT2D eigenvalue weighted by Crippen LogP contribution is -2.43. The lowest BCUT2D eigenvalue weighted by molar-refractivity contribution is 0.0990. The Labute approximate surface area is 167 Å². The molecule has 0 aliphatic carbocycles. The van der Waals surface area contributed by atoms with Crippen molar-refractivity contribution < 1.29 is 9.53 Å². The molecule has 0 spiro atoms. The Morgan fingerprint density at radius 2 is 2.15 bits per heavy atom. The van der Waals surface area contributed by atoms with Crippen LogP contribution in [0, 0.1) is 22.7 Å². The molecular formula is C21H30ClN3O2. The number of carbonyl (C=O) groups is 1. The largest absolute Gasteiger partial charge is 0.449 e. The van der Waals surface area contributed by atoms with Crippen molar-refractivity contribution in [1.82, 2.24) is 4.90 Å². The van der Waals surface area contributed by atoms with E-state index >= 15 is 0 Å². The van der Waals surface area contributed by atoms with Gasteiger partial charge in [0.1, 0.15) is 6.07 Å². The molecule has 0 unspecified atom stereocenters. The van der Waals surface area contributed by atoms with Crippen molar-refractivity contribution >= 4 is 23.4 Å². The van der Waals surface area contributed by atoms with Crippen molar-refractivity contribution in [1.29, 1.82) is 5.26 Å². The maximum Gasteiger partial charge on any atom is 0.409 e. The predicted octanol–water partition coefficient (Wildman–Crippen LogP) is 4.93. The minimum Gasteiger partial charge on any atom is -0.449 e. The number of amides is 1. The third kappa shape index (κ3) is 6.04. The van der Waals surface area contributed by atoms with Crippen LogP contribution in [0.4, 0.5) is 10.5 Å². The van der Waals surface area contributed by atoms with Gasteiger partial charge in [-0.1, -0.05) is 46.2 Å². The molecule has 1 aliphatic rings. The average Bonchev–Trinajstić information content (AvgIpc) is 3.06. The van der Waals surface area contributed by atoms with Gasteiger partial charge >= 0.3 is 6.09 Å². The van der Waals surface area contributed by atoms with Gasteiger partial charge < -0.3 is 14.5 Å². The Balaban J connectivity index is 2.17. The van der Waals surface area contributed by atoms with Crippen LogP contribution in [0.2, 0.25) is 5.02 Å². The first-order valence-corrected chi connectivity index (χ1v) is 9.86. The number of hydrogen-bond donors (Lipinski definition) is 0. The summed E-state index contributed by atoms with van der Waals surface area (Å²) in [5, 5.41) is 9.58. The van der Waals surface area contributed by atoms with Crippen LogP contribution in [0.25, 0.3) is 0 Å². The van der Waals surface area contributed by atoms with Gasteiger partial charge in [0.2, 0.25) is 0 Å². The average molecular weight is 392 g/mol. The number of nitrogens with zero attached hydrogens (tertiary/aromatic N) is 3. The van der Waals surface area contributed by atoms with Crippen LogP contribution in [0.3, 0.4) is 0 Å². The second kappa shape index (κ2) is 8.84. The monoisotopic (exact) mass is 391 g/mol. The summed E-state index contributed by atoms with van der Waals surface area (Å²) in [7, 11) is 0. The lowest BCUT2D eigenvalue weighted by Gasteiger charge is -2.36. The van der Waals surface area contributed by atoms with Crippen molar-refractivity contribution in [3.05, 3.63) is 28.8 Å². The number of rotatable bonds is 5. The van der Waals surface area contributed by atoms with E-state index in [0.717, 1.165) is 18.7 Å². The fraction of sp³-hybridized carbons (Fsp3) is 0.619. The zero-order chi connectivity index (χ0) is 20.2. The first kappa shape index (κ1) is 21.4. The standard InChI is InChI=1S/C21H30ClN3O2/c1-15(2)13-27-20(26)24-9-8-18(12-24)25(14-21(3,4)5)17-7-6-16(11-23)19(22)10-17/h6-7,10,15,18H,8-9,12-14H2,1-5H3/t18-/m0/s1. The second-order valence-electron chi connectivity index (χ2n) is 8.82. The van der Waals surface area contributed by atoms with Gasteiger partial charge in [0.25, 0.3) is 0 Å². The number of benzene rings is 1. The van der Waals surface area contributed by atoms with Crippen molar-refractivity contribution in [3.63, 3.8) is 0 Å². The third-order valence-electron chi connectivity index (χ3n) is 4.45. The van der Waals surface area contributed by atoms with Crippen molar-refractivity contribution in [2.24, 2.45) is 11.3 Å². The van der Waals surface area contributed by atoms with E-state index in [2.05, 4.69) is 31.7 Å². The highest BCUT2D eigenvalue weighted by atomic mass is 35.5. The number of anilines is 1. The van der Waals surface area contributed by atoms with E-state index < -0.39 is 0 Å². The number of halogens is 1. The van der Waals surface area contributed by atoms with Crippen LogP contribution >= 0.6 is 11.6 Å². The molecule has 2 rings (SSSR count). The Morgan fingerprint density at radius 3 is 2.70 bits per heavy atom. The molecule has 5 nitrogen and oxygen atoms in total. The molecule has 1 heterocycles. The molecule has 6 heteroatoms. The van der Waals surface area contributed by atoms with Crippen LogP contribution in [-0.4, -0.2) is 43.3 Å². The Hall–Kier alpha value is -1.93. The third-order valence-corrected chi connectivity index (χ3v) is 4.76. The van der Waals surface area contributed by atoms with Crippen LogP contribution in [-0.2, 0) is 4.74 Å². The molecule has 1 fully saturated rings. The Kier molecular flexibility index (Phi) is 7.00. The van der Waals surface area contributed by atoms with Crippen LogP contribution < -0.4 is 4.90 Å². The smallest absolute Gasteiger partial charge is 0.409 e. The molecule has 148 valence electrons. The summed E-state index contributed by atoms with van der Waals surface area (Å²) in [5.74, 6) is 0.325. The van der Waals surface area contributed by atoms with Crippen molar-refractivity contribution in [3.8, 4) is 6.07 Å². The van der Waals surface area contributed by atoms with Gasteiger partial charge in [0.15, 0.2) is 0 Å². The minimum atomic E-state index is -0.236. The highest BCUT2D eigenvalue weighted by Crippen LogP contribution is 2.31. The van der Waals surface area contributed by atoms with Crippen LogP contribution in [0.15, 0.2) is 18.2 Å². The number of ether oxygens (including phenoxy) is 1. The molecule has 1 aromatic carbocycles. The summed E-state index contributed by atoms with van der Waals surface area (Å²) in [5.41, 5.74) is 1.53. The summed E-state index contributed by atoms with van der Waals surface area (Å²) in [4.78, 5) is 16.4. The maximum atomic E-state index is 12.3. The van der Waals surface area contributed by atoms with Gasteiger partial charge in [-0.2, -0.15) is 5.26 Å². The number of hydrogen-bond acceptors (Lipinski definition) is 4. The molecule has 1 atom stereocenters. The van der Waals surface area contributed by atoms with Gasteiger partial charge in [-0.05, 0) is 36.0 Å². The predicted molar refractivity (Wildman–Crippen MR) is 109 cm³/mol. The van der Waals surface area contributed by atoms with Gasteiger partial charge in [-0.15, -0.1) is 0 Å². The van der Waals surface area contributed by atoms with Gasteiger partial charge in [0.05, 0.1) is 17.2 Å². The van der Waals surface area contributed by atoms with E-state index in [-0.39, 0.29) is 17.6 Å². The summed E-state index contributed by atoms with van der Waals surface area (Å²) in [6, 6.07) is 7.85. The summed E-state index contributed by atoms with van der Waals surface area (Å²) >= 11 is 6.27. The molecule has 0 bridgehead atoms. The molecular weight excluding hydrogens is 362 g/mol. The lowest BCUT2D eigenvalue weighted by atomic mass is 9.94. The fourth-order valence-corrected chi connectivity index (χ4v) is 3.42. The second-order valence-corrected chi connectivity index (χ2v) is 9.23. The summed E-state index contributed by atoms with van der Waals surface area (Å²) in [6.07, 6.45) is 0.643. The topological polar surface area (TPSA) is 56.6 Å². The molecule has 27 heavy (non-hydrogen) atoms. The molecule has 1 aliphatic heterocycles. The molecule has 0 aromatic heterocycles. The van der Waals surface area contributed by atoms with E-state index in [1.807, 2.05) is 26.0 Å². The maximum absolute atomic E-state index is 12.3. The van der Waals surface area contributed by atoms with E-state index in [9.17, 15) is 4.79 Å². The normalized spacial score (nSPS) is 17.1. The highest BCUT2D eigenvalue weighted by molar-refractivity contribution is 6.32. The first-order valence-electron chi connectivity index (χ1n) is 9.48. The summed E-state index contributed by atoms with van der Waals surface area (Å²) in [6.45, 7) is 13.2. The Bertz CT molecular complexity index is 706. The van der Waals surface area contributed by atoms with E-state index in [0.29, 0.717) is 36.2 Å². The first-order chi connectivity index (χ1) is 12.6. The van der Waals surface area contributed by atoms with Crippen molar-refractivity contribution in [2.75, 3.05) is 31.1 Å². The molecule has 0 N–H and O–H groups in total. The zero-order valence-electron chi connectivity index (χ0n) is 17.0. The van der Waals surface area contributed by atoms with Crippen LogP contribution in [0.5, 0.6) is 0 Å². The fourth-order valence-electron chi connectivity index (χ4n) is 3.21. The number of likely N-dealkylation sites (tertiary alicyclic amines) is 1. The molecule has 1 saturated heterocycles.